The summed E-state index contributed by atoms with van der Waals surface area (Å²) in [5.74, 6) is -0.350. The molecular weight excluding hydrogens is 411 g/mol. The minimum atomic E-state index is -4.46. The molecule has 1 aromatic carbocycles. The Morgan fingerprint density at radius 2 is 2.14 bits per heavy atom. The van der Waals surface area contributed by atoms with Crippen molar-refractivity contribution in [2.45, 2.75) is 19.1 Å². The Morgan fingerprint density at radius 3 is 2.86 bits per heavy atom. The van der Waals surface area contributed by atoms with Crippen molar-refractivity contribution in [2.75, 3.05) is 19.4 Å². The average Bonchev–Trinajstić information content (AvgIpc) is 3.29. The molecule has 0 saturated carbocycles. The Kier molecular flexibility index (Phi) is 6.20. The van der Waals surface area contributed by atoms with Gasteiger partial charge in [-0.05, 0) is 23.8 Å². The Morgan fingerprint density at radius 1 is 1.34 bits per heavy atom. The molecule has 1 saturated heterocycles. The first kappa shape index (κ1) is 20.8. The van der Waals surface area contributed by atoms with Gasteiger partial charge in [-0.2, -0.15) is 18.0 Å². The van der Waals surface area contributed by atoms with Crippen molar-refractivity contribution in [3.63, 3.8) is 0 Å². The van der Waals surface area contributed by atoms with Crippen molar-refractivity contribution in [3.8, 4) is 11.4 Å². The topological polar surface area (TPSA) is 90.2 Å². The van der Waals surface area contributed by atoms with Crippen molar-refractivity contribution in [1.82, 2.24) is 25.1 Å². The van der Waals surface area contributed by atoms with Gasteiger partial charge in [-0.1, -0.05) is 23.9 Å². The van der Waals surface area contributed by atoms with E-state index in [2.05, 4.69) is 20.1 Å². The number of alkyl halides is 3. The lowest BCUT2D eigenvalue weighted by molar-refractivity contribution is -0.137. The molecule has 2 aromatic rings. The summed E-state index contributed by atoms with van der Waals surface area (Å²) in [7, 11) is 1.25. The third kappa shape index (κ3) is 5.13. The summed E-state index contributed by atoms with van der Waals surface area (Å²) in [5.41, 5.74) is -0.582. The summed E-state index contributed by atoms with van der Waals surface area (Å²) in [6, 6.07) is 4.69. The lowest BCUT2D eigenvalue weighted by Crippen LogP contribution is -2.27. The van der Waals surface area contributed by atoms with E-state index in [1.165, 1.54) is 46.8 Å². The van der Waals surface area contributed by atoms with Crippen LogP contribution in [0.3, 0.4) is 0 Å². The Balaban J connectivity index is 1.62. The number of nitrogens with zero attached hydrogens (tertiary/aromatic N) is 5. The maximum absolute atomic E-state index is 12.8. The smallest absolute Gasteiger partial charge is 0.416 e. The van der Waals surface area contributed by atoms with Crippen molar-refractivity contribution >= 4 is 23.6 Å². The van der Waals surface area contributed by atoms with Gasteiger partial charge in [0.05, 0.1) is 36.1 Å². The number of thioether (sulfide) groups is 1. The molecule has 1 aliphatic rings. The lowest BCUT2D eigenvalue weighted by Gasteiger charge is -2.16. The first-order valence-corrected chi connectivity index (χ1v) is 9.45. The number of halogens is 3. The van der Waals surface area contributed by atoms with Gasteiger partial charge in [-0.25, -0.2) is 4.79 Å². The average molecular weight is 427 g/mol. The van der Waals surface area contributed by atoms with Crippen LogP contribution in [0.1, 0.15) is 12.0 Å². The predicted molar refractivity (Wildman–Crippen MR) is 97.1 cm³/mol. The van der Waals surface area contributed by atoms with Gasteiger partial charge in [0.2, 0.25) is 11.7 Å². The maximum atomic E-state index is 12.8. The molecular formula is C17H16F3N5O3S. The molecule has 1 amide bonds. The number of tetrazole rings is 1. The summed E-state index contributed by atoms with van der Waals surface area (Å²) >= 11 is 1.25. The fourth-order valence-corrected chi connectivity index (χ4v) is 3.54. The molecule has 1 fully saturated rings. The van der Waals surface area contributed by atoms with E-state index in [1.54, 1.807) is 0 Å². The highest BCUT2D eigenvalue weighted by atomic mass is 32.2. The Bertz CT molecular complexity index is 944. The van der Waals surface area contributed by atoms with Crippen LogP contribution in [0.15, 0.2) is 35.4 Å². The van der Waals surface area contributed by atoms with Crippen LogP contribution in [0.5, 0.6) is 0 Å². The summed E-state index contributed by atoms with van der Waals surface area (Å²) in [6.45, 7) is 0.626. The number of carbonyl (C=O) groups excluding carboxylic acids is 2. The molecule has 0 bridgehead atoms. The quantitative estimate of drug-likeness (QED) is 0.516. The first-order valence-electron chi connectivity index (χ1n) is 8.46. The third-order valence-corrected chi connectivity index (χ3v) is 5.02. The number of hydrogen-bond acceptors (Lipinski definition) is 7. The van der Waals surface area contributed by atoms with Crippen molar-refractivity contribution in [2.24, 2.45) is 0 Å². The number of aromatic nitrogens is 4. The number of benzene rings is 1. The highest BCUT2D eigenvalue weighted by Crippen LogP contribution is 2.31. The normalized spacial score (nSPS) is 15.9. The fourth-order valence-electron chi connectivity index (χ4n) is 2.59. The van der Waals surface area contributed by atoms with Crippen LogP contribution in [-0.4, -0.2) is 56.4 Å². The minimum Gasteiger partial charge on any atom is -0.466 e. The van der Waals surface area contributed by atoms with Crippen LogP contribution < -0.4 is 0 Å². The van der Waals surface area contributed by atoms with Gasteiger partial charge in [-0.15, -0.1) is 10.2 Å². The van der Waals surface area contributed by atoms with E-state index in [0.717, 1.165) is 12.1 Å². The number of hydrogen-bond donors (Lipinski definition) is 0. The monoisotopic (exact) mass is 427 g/mol. The molecule has 0 radical (unpaired) electrons. The zero-order valence-electron chi connectivity index (χ0n) is 15.2. The molecule has 1 aromatic heterocycles. The van der Waals surface area contributed by atoms with Crippen LogP contribution in [0.25, 0.3) is 11.4 Å². The molecule has 0 aliphatic carbocycles. The van der Waals surface area contributed by atoms with Gasteiger partial charge in [0, 0.05) is 12.1 Å². The largest absolute Gasteiger partial charge is 0.466 e. The van der Waals surface area contributed by atoms with Crippen molar-refractivity contribution in [1.29, 1.82) is 0 Å². The number of aryl methyl sites for hydroxylation is 1. The molecule has 0 N–H and O–H groups in total. The Labute approximate surface area is 167 Å². The van der Waals surface area contributed by atoms with E-state index in [9.17, 15) is 22.8 Å². The van der Waals surface area contributed by atoms with E-state index in [1.807, 2.05) is 0 Å². The van der Waals surface area contributed by atoms with E-state index in [-0.39, 0.29) is 23.0 Å². The SMILES string of the molecule is COC(=O)/C=C1/SCC(=O)N1CCCn1nnc(-c2cccc(C(F)(F)F)c2)n1. The van der Waals surface area contributed by atoms with Crippen LogP contribution in [0.2, 0.25) is 0 Å². The van der Waals surface area contributed by atoms with Crippen LogP contribution in [-0.2, 0) is 27.0 Å². The summed E-state index contributed by atoms with van der Waals surface area (Å²) in [5, 5.41) is 12.3. The molecule has 0 spiro atoms. The van der Waals surface area contributed by atoms with Gasteiger partial charge >= 0.3 is 12.1 Å². The number of methoxy groups -OCH3 is 1. The molecule has 29 heavy (non-hydrogen) atoms. The summed E-state index contributed by atoms with van der Waals surface area (Å²) < 4.78 is 43.1. The first-order chi connectivity index (χ1) is 13.8. The molecule has 154 valence electrons. The molecule has 8 nitrogen and oxygen atoms in total. The predicted octanol–water partition coefficient (Wildman–Crippen LogP) is 2.34. The van der Waals surface area contributed by atoms with Crippen LogP contribution in [0.4, 0.5) is 13.2 Å². The highest BCUT2D eigenvalue weighted by Gasteiger charge is 2.31. The zero-order valence-corrected chi connectivity index (χ0v) is 16.0. The van der Waals surface area contributed by atoms with Crippen LogP contribution in [0, 0.1) is 0 Å². The maximum Gasteiger partial charge on any atom is 0.416 e. The minimum absolute atomic E-state index is 0.0789. The number of ether oxygens (including phenoxy) is 1. The van der Waals surface area contributed by atoms with E-state index >= 15 is 0 Å². The second-order valence-corrected chi connectivity index (χ2v) is 6.98. The number of rotatable bonds is 6. The number of amides is 1. The lowest BCUT2D eigenvalue weighted by atomic mass is 10.1. The molecule has 12 heteroatoms. The van der Waals surface area contributed by atoms with E-state index in [4.69, 9.17) is 0 Å². The second kappa shape index (κ2) is 8.64. The van der Waals surface area contributed by atoms with Gasteiger partial charge in [0.25, 0.3) is 0 Å². The van der Waals surface area contributed by atoms with E-state index < -0.39 is 17.7 Å². The molecule has 0 unspecified atom stereocenters. The standard InChI is InChI=1S/C17H16F3N5O3S/c1-28-15(27)9-14-24(13(26)10-29-14)6-3-7-25-22-16(21-23-25)11-4-2-5-12(8-11)17(18,19)20/h2,4-5,8-9H,3,6-7,10H2,1H3/b14-9+. The fraction of sp³-hybridized carbons (Fsp3) is 0.353. The van der Waals surface area contributed by atoms with Gasteiger partial charge in [-0.3, -0.25) is 4.79 Å². The van der Waals surface area contributed by atoms with Gasteiger partial charge < -0.3 is 9.64 Å². The summed E-state index contributed by atoms with van der Waals surface area (Å²) in [6.07, 6.45) is -2.74. The van der Waals surface area contributed by atoms with Gasteiger partial charge in [0.15, 0.2) is 0 Å². The van der Waals surface area contributed by atoms with Gasteiger partial charge in [0.1, 0.15) is 0 Å². The molecule has 1 aliphatic heterocycles. The highest BCUT2D eigenvalue weighted by molar-refractivity contribution is 8.04. The van der Waals surface area contributed by atoms with Crippen molar-refractivity contribution in [3.05, 3.63) is 40.9 Å². The third-order valence-electron chi connectivity index (χ3n) is 3.99. The molecule has 0 atom stereocenters. The summed E-state index contributed by atoms with van der Waals surface area (Å²) in [4.78, 5) is 26.1. The number of esters is 1. The molecule has 3 rings (SSSR count). The van der Waals surface area contributed by atoms with Crippen LogP contribution >= 0.6 is 11.8 Å². The van der Waals surface area contributed by atoms with E-state index in [0.29, 0.717) is 24.5 Å². The molecule has 2 heterocycles. The second-order valence-electron chi connectivity index (χ2n) is 5.98. The number of carbonyl (C=O) groups is 2. The Hall–Kier alpha value is -2.89. The zero-order chi connectivity index (χ0) is 21.0. The van der Waals surface area contributed by atoms with Crippen molar-refractivity contribution < 1.29 is 27.5 Å².